The molecule has 0 spiro atoms. The average molecular weight is 545 g/mol. The van der Waals surface area contributed by atoms with Crippen LogP contribution in [-0.4, -0.2) is 59.8 Å². The zero-order chi connectivity index (χ0) is 27.9. The molecule has 2 heterocycles. The SMILES string of the molecule is COCCCNC(=O)c1ccc2nn(CC3CCN(C(=O)c4ccc(Oc5cccc(F)c5)cc4)CC3)cc2c1. The van der Waals surface area contributed by atoms with E-state index in [4.69, 9.17) is 14.6 Å². The van der Waals surface area contributed by atoms with Crippen molar-refractivity contribution in [2.75, 3.05) is 33.4 Å². The van der Waals surface area contributed by atoms with Crippen molar-refractivity contribution in [3.8, 4) is 11.5 Å². The van der Waals surface area contributed by atoms with Crippen LogP contribution in [0.25, 0.3) is 10.9 Å². The number of benzene rings is 3. The lowest BCUT2D eigenvalue weighted by Gasteiger charge is -2.32. The molecule has 9 heteroatoms. The van der Waals surface area contributed by atoms with Gasteiger partial charge in [-0.2, -0.15) is 5.10 Å². The number of fused-ring (bicyclic) bond motifs is 1. The van der Waals surface area contributed by atoms with Gasteiger partial charge >= 0.3 is 0 Å². The van der Waals surface area contributed by atoms with Gasteiger partial charge in [-0.1, -0.05) is 6.07 Å². The Balaban J connectivity index is 1.12. The summed E-state index contributed by atoms with van der Waals surface area (Å²) in [7, 11) is 1.64. The zero-order valence-electron chi connectivity index (χ0n) is 22.5. The quantitative estimate of drug-likeness (QED) is 0.275. The van der Waals surface area contributed by atoms with Crippen LogP contribution in [0.4, 0.5) is 4.39 Å². The Morgan fingerprint density at radius 1 is 1.00 bits per heavy atom. The molecule has 1 saturated heterocycles. The topological polar surface area (TPSA) is 85.7 Å². The fourth-order valence-electron chi connectivity index (χ4n) is 4.93. The monoisotopic (exact) mass is 544 g/mol. The van der Waals surface area contributed by atoms with Crippen molar-refractivity contribution in [1.82, 2.24) is 20.0 Å². The first-order chi connectivity index (χ1) is 19.5. The van der Waals surface area contributed by atoms with E-state index in [-0.39, 0.29) is 17.6 Å². The predicted octanol–water partition coefficient (Wildman–Crippen LogP) is 5.29. The Morgan fingerprint density at radius 3 is 2.52 bits per heavy atom. The van der Waals surface area contributed by atoms with Crippen molar-refractivity contribution in [1.29, 1.82) is 0 Å². The van der Waals surface area contributed by atoms with Crippen LogP contribution in [0.3, 0.4) is 0 Å². The maximum absolute atomic E-state index is 13.4. The van der Waals surface area contributed by atoms with Crippen molar-refractivity contribution in [3.63, 3.8) is 0 Å². The van der Waals surface area contributed by atoms with Gasteiger partial charge in [-0.25, -0.2) is 4.39 Å². The lowest BCUT2D eigenvalue weighted by atomic mass is 9.96. The summed E-state index contributed by atoms with van der Waals surface area (Å²) in [5.41, 5.74) is 2.07. The summed E-state index contributed by atoms with van der Waals surface area (Å²) in [6.07, 6.45) is 4.53. The van der Waals surface area contributed by atoms with Gasteiger partial charge in [0.25, 0.3) is 11.8 Å². The van der Waals surface area contributed by atoms with Crippen LogP contribution >= 0.6 is 0 Å². The van der Waals surface area contributed by atoms with Gasteiger partial charge in [0.1, 0.15) is 17.3 Å². The summed E-state index contributed by atoms with van der Waals surface area (Å²) >= 11 is 0. The van der Waals surface area contributed by atoms with E-state index in [0.29, 0.717) is 54.8 Å². The number of aromatic nitrogens is 2. The molecule has 0 bridgehead atoms. The number of halogens is 1. The number of ether oxygens (including phenoxy) is 2. The number of piperidine rings is 1. The summed E-state index contributed by atoms with van der Waals surface area (Å²) in [6, 6.07) is 18.4. The number of carbonyl (C=O) groups excluding carboxylic acids is 2. The minimum absolute atomic E-state index is 0.00592. The zero-order valence-corrected chi connectivity index (χ0v) is 22.5. The highest BCUT2D eigenvalue weighted by molar-refractivity contribution is 5.97. The van der Waals surface area contributed by atoms with E-state index >= 15 is 0 Å². The average Bonchev–Trinajstić information content (AvgIpc) is 3.37. The Kier molecular flexibility index (Phi) is 8.71. The van der Waals surface area contributed by atoms with Crippen LogP contribution < -0.4 is 10.1 Å². The van der Waals surface area contributed by atoms with E-state index in [1.165, 1.54) is 12.1 Å². The first-order valence-electron chi connectivity index (χ1n) is 13.6. The summed E-state index contributed by atoms with van der Waals surface area (Å²) in [5.74, 6) is 0.888. The van der Waals surface area contributed by atoms with E-state index in [0.717, 1.165) is 36.7 Å². The Labute approximate surface area is 232 Å². The van der Waals surface area contributed by atoms with E-state index in [1.54, 1.807) is 49.6 Å². The largest absolute Gasteiger partial charge is 0.457 e. The fourth-order valence-corrected chi connectivity index (χ4v) is 4.93. The van der Waals surface area contributed by atoms with Crippen LogP contribution in [0.5, 0.6) is 11.5 Å². The first kappa shape index (κ1) is 27.3. The number of nitrogens with zero attached hydrogens (tertiary/aromatic N) is 3. The number of carbonyl (C=O) groups is 2. The molecule has 208 valence electrons. The molecule has 4 aromatic rings. The number of amides is 2. The number of rotatable bonds is 10. The van der Waals surface area contributed by atoms with Crippen molar-refractivity contribution >= 4 is 22.7 Å². The number of methoxy groups -OCH3 is 1. The molecule has 8 nitrogen and oxygen atoms in total. The molecule has 0 atom stereocenters. The molecule has 1 fully saturated rings. The standard InChI is InChI=1S/C31H33FN4O4/c1-39-17-3-14-33-30(37)24-8-11-29-25(18-24)21-36(34-29)20-22-12-15-35(16-13-22)31(38)23-6-9-27(10-7-23)40-28-5-2-4-26(32)19-28/h2,4-11,18-19,21-22H,3,12-17,20H2,1H3,(H,33,37). The summed E-state index contributed by atoms with van der Waals surface area (Å²) in [4.78, 5) is 27.4. The van der Waals surface area contributed by atoms with Crippen LogP contribution in [0, 0.1) is 11.7 Å². The van der Waals surface area contributed by atoms with E-state index in [9.17, 15) is 14.0 Å². The number of nitrogens with one attached hydrogen (secondary N) is 1. The molecule has 1 aromatic heterocycles. The molecule has 0 aliphatic carbocycles. The lowest BCUT2D eigenvalue weighted by Crippen LogP contribution is -2.39. The normalized spacial score (nSPS) is 13.9. The van der Waals surface area contributed by atoms with Crippen molar-refractivity contribution in [3.05, 3.63) is 89.9 Å². The molecule has 3 aromatic carbocycles. The van der Waals surface area contributed by atoms with Crippen LogP contribution in [-0.2, 0) is 11.3 Å². The molecule has 0 saturated carbocycles. The van der Waals surface area contributed by atoms with Gasteiger partial charge in [0.05, 0.1) is 5.52 Å². The summed E-state index contributed by atoms with van der Waals surface area (Å²) in [5, 5.41) is 8.54. The third kappa shape index (κ3) is 6.84. The van der Waals surface area contributed by atoms with Gasteiger partial charge in [-0.15, -0.1) is 0 Å². The van der Waals surface area contributed by atoms with Crippen LogP contribution in [0.1, 0.15) is 40.0 Å². The molecule has 1 N–H and O–H groups in total. The van der Waals surface area contributed by atoms with Crippen molar-refractivity contribution < 1.29 is 23.5 Å². The Bertz CT molecular complexity index is 1460. The van der Waals surface area contributed by atoms with Gasteiger partial charge < -0.3 is 19.7 Å². The van der Waals surface area contributed by atoms with Crippen molar-refractivity contribution in [2.45, 2.75) is 25.8 Å². The van der Waals surface area contributed by atoms with Gasteiger partial charge in [-0.05, 0) is 79.8 Å². The molecular weight excluding hydrogens is 511 g/mol. The third-order valence-corrected chi connectivity index (χ3v) is 7.10. The number of hydrogen-bond donors (Lipinski definition) is 1. The second-order valence-corrected chi connectivity index (χ2v) is 10.0. The summed E-state index contributed by atoms with van der Waals surface area (Å²) in [6.45, 7) is 3.31. The van der Waals surface area contributed by atoms with E-state index in [2.05, 4.69) is 5.32 Å². The number of likely N-dealkylation sites (tertiary alicyclic amines) is 1. The highest BCUT2D eigenvalue weighted by atomic mass is 19.1. The predicted molar refractivity (Wildman–Crippen MR) is 150 cm³/mol. The van der Waals surface area contributed by atoms with E-state index in [1.807, 2.05) is 27.9 Å². The highest BCUT2D eigenvalue weighted by Crippen LogP contribution is 2.25. The molecular formula is C31H33FN4O4. The second-order valence-electron chi connectivity index (χ2n) is 10.0. The molecule has 0 unspecified atom stereocenters. The van der Waals surface area contributed by atoms with Gasteiger partial charge in [0.2, 0.25) is 0 Å². The molecule has 2 amide bonds. The second kappa shape index (κ2) is 12.7. The minimum Gasteiger partial charge on any atom is -0.457 e. The highest BCUT2D eigenvalue weighted by Gasteiger charge is 2.24. The van der Waals surface area contributed by atoms with E-state index < -0.39 is 0 Å². The lowest BCUT2D eigenvalue weighted by molar-refractivity contribution is 0.0681. The number of hydrogen-bond acceptors (Lipinski definition) is 5. The Hall–Kier alpha value is -4.24. The smallest absolute Gasteiger partial charge is 0.253 e. The van der Waals surface area contributed by atoms with Crippen LogP contribution in [0.2, 0.25) is 0 Å². The first-order valence-corrected chi connectivity index (χ1v) is 13.6. The third-order valence-electron chi connectivity index (χ3n) is 7.10. The minimum atomic E-state index is -0.364. The molecule has 1 aliphatic heterocycles. The maximum Gasteiger partial charge on any atom is 0.253 e. The summed E-state index contributed by atoms with van der Waals surface area (Å²) < 4.78 is 26.0. The molecule has 0 radical (unpaired) electrons. The fraction of sp³-hybridized carbons (Fsp3) is 0.323. The van der Waals surface area contributed by atoms with Gasteiger partial charge in [-0.3, -0.25) is 14.3 Å². The van der Waals surface area contributed by atoms with Gasteiger partial charge in [0.15, 0.2) is 0 Å². The van der Waals surface area contributed by atoms with Crippen LogP contribution in [0.15, 0.2) is 72.9 Å². The molecule has 1 aliphatic rings. The maximum atomic E-state index is 13.4. The van der Waals surface area contributed by atoms with Gasteiger partial charge in [0, 0.05) is 68.7 Å². The molecule has 40 heavy (non-hydrogen) atoms. The Morgan fingerprint density at radius 2 is 1.77 bits per heavy atom. The van der Waals surface area contributed by atoms with Crippen molar-refractivity contribution in [2.24, 2.45) is 5.92 Å². The molecule has 5 rings (SSSR count).